The number of esters is 1. The number of benzene rings is 1. The first-order valence-corrected chi connectivity index (χ1v) is 8.42. The average molecular weight is 405 g/mol. The van der Waals surface area contributed by atoms with Crippen LogP contribution in [0, 0.1) is 11.8 Å². The standard InChI is InChI=1S/C15H19Br2NO2/c1-8-3-4-11(5-9(8)2)20-15(19)12-6-10(16)7-13(17)14(12)18/h6-9,11H,3-5,18H2,1-2H3. The van der Waals surface area contributed by atoms with Crippen LogP contribution in [0.25, 0.3) is 0 Å². The number of halogens is 2. The molecule has 1 aliphatic rings. The van der Waals surface area contributed by atoms with Gasteiger partial charge in [0.25, 0.3) is 0 Å². The fourth-order valence-electron chi connectivity index (χ4n) is 2.57. The summed E-state index contributed by atoms with van der Waals surface area (Å²) in [6.07, 6.45) is 2.98. The molecule has 2 N–H and O–H groups in total. The lowest BCUT2D eigenvalue weighted by molar-refractivity contribution is 0.00889. The van der Waals surface area contributed by atoms with Crippen LogP contribution < -0.4 is 5.73 Å². The van der Waals surface area contributed by atoms with Gasteiger partial charge >= 0.3 is 5.97 Å². The van der Waals surface area contributed by atoms with Gasteiger partial charge in [-0.1, -0.05) is 29.8 Å². The molecule has 0 aliphatic heterocycles. The Hall–Kier alpha value is -0.550. The third-order valence-electron chi connectivity index (χ3n) is 4.14. The smallest absolute Gasteiger partial charge is 0.340 e. The zero-order valence-corrected chi connectivity index (χ0v) is 14.8. The molecule has 1 aliphatic carbocycles. The van der Waals surface area contributed by atoms with Crippen LogP contribution in [0.3, 0.4) is 0 Å². The summed E-state index contributed by atoms with van der Waals surface area (Å²) in [7, 11) is 0. The summed E-state index contributed by atoms with van der Waals surface area (Å²) in [6, 6.07) is 3.52. The Morgan fingerprint density at radius 3 is 2.60 bits per heavy atom. The summed E-state index contributed by atoms with van der Waals surface area (Å²) in [5.41, 5.74) is 6.78. The molecule has 3 unspecified atom stereocenters. The van der Waals surface area contributed by atoms with Crippen LogP contribution in [-0.4, -0.2) is 12.1 Å². The second-order valence-electron chi connectivity index (χ2n) is 5.64. The van der Waals surface area contributed by atoms with Gasteiger partial charge in [-0.2, -0.15) is 0 Å². The monoisotopic (exact) mass is 403 g/mol. The lowest BCUT2D eigenvalue weighted by Gasteiger charge is -2.31. The third kappa shape index (κ3) is 3.55. The van der Waals surface area contributed by atoms with E-state index in [1.165, 1.54) is 0 Å². The van der Waals surface area contributed by atoms with Gasteiger partial charge in [0.05, 0.1) is 11.3 Å². The van der Waals surface area contributed by atoms with E-state index in [0.29, 0.717) is 27.6 Å². The zero-order chi connectivity index (χ0) is 14.9. The summed E-state index contributed by atoms with van der Waals surface area (Å²) in [6.45, 7) is 4.47. The van der Waals surface area contributed by atoms with Gasteiger partial charge in [-0.25, -0.2) is 4.79 Å². The van der Waals surface area contributed by atoms with E-state index >= 15 is 0 Å². The Balaban J connectivity index is 2.09. The molecule has 1 aromatic carbocycles. The Bertz CT molecular complexity index is 519. The molecule has 110 valence electrons. The molecule has 1 saturated carbocycles. The SMILES string of the molecule is CC1CCC(OC(=O)c2cc(Br)cc(Br)c2N)CC1C. The van der Waals surface area contributed by atoms with Crippen molar-refractivity contribution in [3.05, 3.63) is 26.6 Å². The van der Waals surface area contributed by atoms with Gasteiger partial charge in [0.15, 0.2) is 0 Å². The molecule has 1 fully saturated rings. The second kappa shape index (κ2) is 6.48. The van der Waals surface area contributed by atoms with Crippen LogP contribution in [0.15, 0.2) is 21.1 Å². The van der Waals surface area contributed by atoms with E-state index in [9.17, 15) is 4.79 Å². The van der Waals surface area contributed by atoms with Gasteiger partial charge in [0.2, 0.25) is 0 Å². The molecular formula is C15H19Br2NO2. The maximum atomic E-state index is 12.3. The molecule has 0 saturated heterocycles. The topological polar surface area (TPSA) is 52.3 Å². The summed E-state index contributed by atoms with van der Waals surface area (Å²) in [5.74, 6) is 0.958. The van der Waals surface area contributed by atoms with Gasteiger partial charge in [-0.3, -0.25) is 0 Å². The molecule has 5 heteroatoms. The molecule has 0 bridgehead atoms. The largest absolute Gasteiger partial charge is 0.459 e. The summed E-state index contributed by atoms with van der Waals surface area (Å²) < 4.78 is 7.13. The van der Waals surface area contributed by atoms with Crippen molar-refractivity contribution in [3.8, 4) is 0 Å². The number of nitrogen functional groups attached to an aromatic ring is 1. The van der Waals surface area contributed by atoms with E-state index in [1.54, 1.807) is 6.07 Å². The number of anilines is 1. The Morgan fingerprint density at radius 1 is 1.25 bits per heavy atom. The number of ether oxygens (including phenoxy) is 1. The molecule has 3 nitrogen and oxygen atoms in total. The number of carbonyl (C=O) groups excluding carboxylic acids is 1. The van der Waals surface area contributed by atoms with Gasteiger partial charge in [0.1, 0.15) is 6.10 Å². The van der Waals surface area contributed by atoms with Gasteiger partial charge < -0.3 is 10.5 Å². The first-order chi connectivity index (χ1) is 9.38. The van der Waals surface area contributed by atoms with Crippen molar-refractivity contribution in [1.29, 1.82) is 0 Å². The van der Waals surface area contributed by atoms with Gasteiger partial charge in [-0.05, 0) is 59.2 Å². The molecular weight excluding hydrogens is 386 g/mol. The Kier molecular flexibility index (Phi) is 5.13. The second-order valence-corrected chi connectivity index (χ2v) is 7.41. The van der Waals surface area contributed by atoms with Gasteiger partial charge in [0, 0.05) is 8.95 Å². The van der Waals surface area contributed by atoms with Crippen molar-refractivity contribution < 1.29 is 9.53 Å². The predicted octanol–water partition coefficient (Wildman–Crippen LogP) is 4.78. The Labute approximate surface area is 136 Å². The number of carbonyl (C=O) groups is 1. The van der Waals surface area contributed by atoms with Crippen molar-refractivity contribution in [3.63, 3.8) is 0 Å². The fourth-order valence-corrected chi connectivity index (χ4v) is 3.80. The minimum Gasteiger partial charge on any atom is -0.459 e. The van der Waals surface area contributed by atoms with E-state index in [2.05, 4.69) is 45.7 Å². The van der Waals surface area contributed by atoms with Crippen molar-refractivity contribution in [2.45, 2.75) is 39.2 Å². The van der Waals surface area contributed by atoms with Crippen molar-refractivity contribution >= 4 is 43.5 Å². The average Bonchev–Trinajstić information content (AvgIpc) is 2.38. The lowest BCUT2D eigenvalue weighted by Crippen LogP contribution is -2.29. The molecule has 0 amide bonds. The number of nitrogens with two attached hydrogens (primary N) is 1. The molecule has 0 heterocycles. The van der Waals surface area contributed by atoms with Crippen molar-refractivity contribution in [2.75, 3.05) is 5.73 Å². The van der Waals surface area contributed by atoms with Crippen LogP contribution in [0.4, 0.5) is 5.69 Å². The van der Waals surface area contributed by atoms with E-state index < -0.39 is 0 Å². The molecule has 1 aromatic rings. The van der Waals surface area contributed by atoms with Crippen molar-refractivity contribution in [2.24, 2.45) is 11.8 Å². The maximum Gasteiger partial charge on any atom is 0.340 e. The minimum atomic E-state index is -0.337. The van der Waals surface area contributed by atoms with Crippen LogP contribution in [-0.2, 0) is 4.74 Å². The summed E-state index contributed by atoms with van der Waals surface area (Å²) in [5, 5.41) is 0. The number of hydrogen-bond acceptors (Lipinski definition) is 3. The first-order valence-electron chi connectivity index (χ1n) is 6.84. The van der Waals surface area contributed by atoms with E-state index in [4.69, 9.17) is 10.5 Å². The Morgan fingerprint density at radius 2 is 1.95 bits per heavy atom. The highest BCUT2D eigenvalue weighted by Gasteiger charge is 2.28. The first kappa shape index (κ1) is 15.8. The molecule has 3 atom stereocenters. The van der Waals surface area contributed by atoms with Crippen molar-refractivity contribution in [1.82, 2.24) is 0 Å². The predicted molar refractivity (Wildman–Crippen MR) is 87.6 cm³/mol. The summed E-state index contributed by atoms with van der Waals surface area (Å²) >= 11 is 6.71. The quantitative estimate of drug-likeness (QED) is 0.570. The molecule has 20 heavy (non-hydrogen) atoms. The minimum absolute atomic E-state index is 0.00542. The maximum absolute atomic E-state index is 12.3. The van der Waals surface area contributed by atoms with Crippen LogP contribution in [0.5, 0.6) is 0 Å². The highest BCUT2D eigenvalue weighted by atomic mass is 79.9. The van der Waals surface area contributed by atoms with Crippen LogP contribution in [0.2, 0.25) is 0 Å². The van der Waals surface area contributed by atoms with Crippen LogP contribution in [0.1, 0.15) is 43.5 Å². The fraction of sp³-hybridized carbons (Fsp3) is 0.533. The third-order valence-corrected chi connectivity index (χ3v) is 5.25. The van der Waals surface area contributed by atoms with Crippen LogP contribution >= 0.6 is 31.9 Å². The highest BCUT2D eigenvalue weighted by Crippen LogP contribution is 2.33. The van der Waals surface area contributed by atoms with E-state index in [1.807, 2.05) is 6.07 Å². The van der Waals surface area contributed by atoms with E-state index in [0.717, 1.165) is 23.7 Å². The molecule has 0 spiro atoms. The number of hydrogen-bond donors (Lipinski definition) is 1. The normalized spacial score (nSPS) is 26.3. The molecule has 0 aromatic heterocycles. The lowest BCUT2D eigenvalue weighted by atomic mass is 9.80. The molecule has 2 rings (SSSR count). The molecule has 0 radical (unpaired) electrons. The highest BCUT2D eigenvalue weighted by molar-refractivity contribution is 9.11. The number of rotatable bonds is 2. The van der Waals surface area contributed by atoms with E-state index in [-0.39, 0.29) is 12.1 Å². The zero-order valence-electron chi connectivity index (χ0n) is 11.7. The summed E-state index contributed by atoms with van der Waals surface area (Å²) in [4.78, 5) is 12.3. The van der Waals surface area contributed by atoms with Gasteiger partial charge in [-0.15, -0.1) is 0 Å².